The first-order valence-electron chi connectivity index (χ1n) is 9.77. The summed E-state index contributed by atoms with van der Waals surface area (Å²) in [6.07, 6.45) is 5.25. The second-order valence-corrected chi connectivity index (χ2v) is 6.98. The first kappa shape index (κ1) is 19.8. The average molecular weight is 405 g/mol. The minimum atomic E-state index is -0.198. The van der Waals surface area contributed by atoms with Crippen LogP contribution in [0.2, 0.25) is 0 Å². The molecule has 3 aromatic rings. The number of rotatable bonds is 6. The number of hydrogen-bond acceptors (Lipinski definition) is 5. The van der Waals surface area contributed by atoms with Gasteiger partial charge in [-0.1, -0.05) is 0 Å². The van der Waals surface area contributed by atoms with Crippen molar-refractivity contribution in [1.29, 1.82) is 0 Å². The lowest BCUT2D eigenvalue weighted by atomic mass is 10.2. The summed E-state index contributed by atoms with van der Waals surface area (Å²) in [4.78, 5) is 30.7. The van der Waals surface area contributed by atoms with Crippen molar-refractivity contribution >= 4 is 23.2 Å². The van der Waals surface area contributed by atoms with Crippen LogP contribution in [0.15, 0.2) is 67.3 Å². The summed E-state index contributed by atoms with van der Waals surface area (Å²) in [5, 5.41) is 5.75. The zero-order valence-electron chi connectivity index (χ0n) is 16.5. The molecule has 154 valence electrons. The molecule has 2 aromatic carbocycles. The maximum atomic E-state index is 12.5. The fraction of sp³-hybridized carbons (Fsp3) is 0.227. The number of carbonyl (C=O) groups is 2. The number of anilines is 2. The second-order valence-electron chi connectivity index (χ2n) is 6.98. The van der Waals surface area contributed by atoms with Crippen molar-refractivity contribution in [3.63, 3.8) is 0 Å². The molecule has 8 nitrogen and oxygen atoms in total. The van der Waals surface area contributed by atoms with Crippen LogP contribution >= 0.6 is 0 Å². The summed E-state index contributed by atoms with van der Waals surface area (Å²) in [6.45, 7) is 3.20. The molecule has 0 unspecified atom stereocenters. The van der Waals surface area contributed by atoms with Gasteiger partial charge in [0.2, 0.25) is 5.91 Å². The van der Waals surface area contributed by atoms with Crippen LogP contribution in [0.4, 0.5) is 11.4 Å². The molecule has 1 aromatic heterocycles. The predicted octanol–water partition coefficient (Wildman–Crippen LogP) is 2.40. The molecule has 0 saturated carbocycles. The quantitative estimate of drug-likeness (QED) is 0.658. The average Bonchev–Trinajstić information content (AvgIpc) is 3.31. The molecule has 2 amide bonds. The van der Waals surface area contributed by atoms with E-state index in [0.29, 0.717) is 36.7 Å². The number of morpholine rings is 1. The van der Waals surface area contributed by atoms with E-state index in [1.807, 2.05) is 22.9 Å². The Balaban J connectivity index is 1.30. The number of ether oxygens (including phenoxy) is 1. The van der Waals surface area contributed by atoms with Crippen molar-refractivity contribution < 1.29 is 14.3 Å². The van der Waals surface area contributed by atoms with Crippen molar-refractivity contribution in [2.75, 3.05) is 43.5 Å². The third kappa shape index (κ3) is 5.11. The van der Waals surface area contributed by atoms with Crippen LogP contribution in [-0.2, 0) is 9.53 Å². The third-order valence-corrected chi connectivity index (χ3v) is 4.83. The topological polar surface area (TPSA) is 88.5 Å². The van der Waals surface area contributed by atoms with Gasteiger partial charge >= 0.3 is 0 Å². The summed E-state index contributed by atoms with van der Waals surface area (Å²) in [5.74, 6) is -0.261. The lowest BCUT2D eigenvalue weighted by molar-refractivity contribution is -0.118. The standard InChI is InChI=1S/C22H23N5O3/c28-21(15-26-11-13-30-14-12-26)24-18-3-5-19(6-4-18)25-22(29)17-1-7-20(8-2-17)27-10-9-23-16-27/h1-10,16H,11-15H2,(H,24,28)(H,25,29). The van der Waals surface area contributed by atoms with Gasteiger partial charge in [-0.3, -0.25) is 14.5 Å². The highest BCUT2D eigenvalue weighted by atomic mass is 16.5. The van der Waals surface area contributed by atoms with Gasteiger partial charge in [0.25, 0.3) is 5.91 Å². The number of imidazole rings is 1. The van der Waals surface area contributed by atoms with Gasteiger partial charge in [0.05, 0.1) is 26.1 Å². The third-order valence-electron chi connectivity index (χ3n) is 4.83. The molecule has 1 fully saturated rings. The first-order chi connectivity index (χ1) is 14.7. The number of nitrogens with one attached hydrogen (secondary N) is 2. The minimum Gasteiger partial charge on any atom is -0.379 e. The number of nitrogens with zero attached hydrogens (tertiary/aromatic N) is 3. The van der Waals surface area contributed by atoms with Crippen LogP contribution in [0.3, 0.4) is 0 Å². The van der Waals surface area contributed by atoms with Crippen molar-refractivity contribution in [3.05, 3.63) is 72.8 Å². The Morgan fingerprint density at radius 1 is 0.933 bits per heavy atom. The SMILES string of the molecule is O=C(CN1CCOCC1)Nc1ccc(NC(=O)c2ccc(-n3ccnc3)cc2)cc1. The summed E-state index contributed by atoms with van der Waals surface area (Å²) in [5.41, 5.74) is 2.84. The Morgan fingerprint density at radius 3 is 2.23 bits per heavy atom. The number of benzene rings is 2. The Labute approximate surface area is 174 Å². The normalized spacial score (nSPS) is 14.3. The van der Waals surface area contributed by atoms with Crippen LogP contribution in [0.1, 0.15) is 10.4 Å². The fourth-order valence-electron chi connectivity index (χ4n) is 3.20. The van der Waals surface area contributed by atoms with Gasteiger partial charge in [-0.25, -0.2) is 4.98 Å². The molecule has 4 rings (SSSR count). The predicted molar refractivity (Wildman–Crippen MR) is 114 cm³/mol. The highest BCUT2D eigenvalue weighted by Gasteiger charge is 2.14. The number of amides is 2. The maximum absolute atomic E-state index is 12.5. The van der Waals surface area contributed by atoms with Crippen LogP contribution in [0.25, 0.3) is 5.69 Å². The van der Waals surface area contributed by atoms with E-state index in [0.717, 1.165) is 18.8 Å². The molecule has 1 saturated heterocycles. The Kier molecular flexibility index (Phi) is 6.17. The first-order valence-corrected chi connectivity index (χ1v) is 9.77. The zero-order chi connectivity index (χ0) is 20.8. The molecule has 30 heavy (non-hydrogen) atoms. The Hall–Kier alpha value is -3.49. The van der Waals surface area contributed by atoms with Crippen LogP contribution < -0.4 is 10.6 Å². The lowest BCUT2D eigenvalue weighted by Gasteiger charge is -2.25. The molecule has 8 heteroatoms. The Bertz CT molecular complexity index is 979. The second kappa shape index (κ2) is 9.34. The van der Waals surface area contributed by atoms with Crippen LogP contribution in [-0.4, -0.2) is 59.1 Å². The largest absolute Gasteiger partial charge is 0.379 e. The molecule has 0 radical (unpaired) electrons. The zero-order valence-corrected chi connectivity index (χ0v) is 16.5. The van der Waals surface area contributed by atoms with Gasteiger partial charge in [-0.05, 0) is 48.5 Å². The van der Waals surface area contributed by atoms with Crippen LogP contribution in [0, 0.1) is 0 Å². The van der Waals surface area contributed by atoms with E-state index >= 15 is 0 Å². The van der Waals surface area contributed by atoms with E-state index in [2.05, 4.69) is 20.5 Å². The number of hydrogen-bond donors (Lipinski definition) is 2. The van der Waals surface area contributed by atoms with E-state index < -0.39 is 0 Å². The van der Waals surface area contributed by atoms with E-state index in [-0.39, 0.29) is 11.8 Å². The maximum Gasteiger partial charge on any atom is 0.255 e. The highest BCUT2D eigenvalue weighted by Crippen LogP contribution is 2.16. The molecule has 2 N–H and O–H groups in total. The van der Waals surface area contributed by atoms with Gasteiger partial charge in [0.1, 0.15) is 0 Å². The van der Waals surface area contributed by atoms with E-state index in [9.17, 15) is 9.59 Å². The minimum absolute atomic E-state index is 0.0633. The summed E-state index contributed by atoms with van der Waals surface area (Å²) in [6, 6.07) is 14.3. The molecule has 0 bridgehead atoms. The lowest BCUT2D eigenvalue weighted by Crippen LogP contribution is -2.41. The summed E-state index contributed by atoms with van der Waals surface area (Å²) < 4.78 is 7.16. The van der Waals surface area contributed by atoms with Crippen molar-refractivity contribution in [2.45, 2.75) is 0 Å². The molecule has 2 heterocycles. The number of aromatic nitrogens is 2. The molecule has 0 spiro atoms. The van der Waals surface area contributed by atoms with E-state index in [1.54, 1.807) is 48.9 Å². The highest BCUT2D eigenvalue weighted by molar-refractivity contribution is 6.04. The van der Waals surface area contributed by atoms with Crippen molar-refractivity contribution in [2.24, 2.45) is 0 Å². The van der Waals surface area contributed by atoms with Crippen molar-refractivity contribution in [1.82, 2.24) is 14.5 Å². The van der Waals surface area contributed by atoms with Gasteiger partial charge in [-0.2, -0.15) is 0 Å². The smallest absolute Gasteiger partial charge is 0.255 e. The number of carbonyl (C=O) groups excluding carboxylic acids is 2. The fourth-order valence-corrected chi connectivity index (χ4v) is 3.20. The molecular weight excluding hydrogens is 382 g/mol. The molecule has 1 aliphatic rings. The van der Waals surface area contributed by atoms with Gasteiger partial charge < -0.3 is 19.9 Å². The molecular formula is C22H23N5O3. The Morgan fingerprint density at radius 2 is 1.60 bits per heavy atom. The summed E-state index contributed by atoms with van der Waals surface area (Å²) >= 11 is 0. The van der Waals surface area contributed by atoms with E-state index in [1.165, 1.54) is 0 Å². The monoisotopic (exact) mass is 405 g/mol. The molecule has 0 aliphatic carbocycles. The molecule has 1 aliphatic heterocycles. The summed E-state index contributed by atoms with van der Waals surface area (Å²) in [7, 11) is 0. The van der Waals surface area contributed by atoms with Gasteiger partial charge in [0.15, 0.2) is 0 Å². The van der Waals surface area contributed by atoms with Crippen molar-refractivity contribution in [3.8, 4) is 5.69 Å². The van der Waals surface area contributed by atoms with Gasteiger partial charge in [0, 0.05) is 48.1 Å². The van der Waals surface area contributed by atoms with E-state index in [4.69, 9.17) is 4.74 Å². The molecule has 0 atom stereocenters. The van der Waals surface area contributed by atoms with Crippen LogP contribution in [0.5, 0.6) is 0 Å². The van der Waals surface area contributed by atoms with Gasteiger partial charge in [-0.15, -0.1) is 0 Å².